The number of hydrogen-bond acceptors (Lipinski definition) is 5. The summed E-state index contributed by atoms with van der Waals surface area (Å²) >= 11 is 0. The van der Waals surface area contributed by atoms with Crippen LogP contribution >= 0.6 is 7.60 Å². The van der Waals surface area contributed by atoms with Crippen LogP contribution < -0.4 is 20.9 Å². The summed E-state index contributed by atoms with van der Waals surface area (Å²) in [6, 6.07) is 7.77. The molecule has 0 aromatic heterocycles. The quantitative estimate of drug-likeness (QED) is 0.182. The van der Waals surface area contributed by atoms with E-state index in [1.807, 2.05) is 32.0 Å². The van der Waals surface area contributed by atoms with Crippen molar-refractivity contribution in [2.75, 3.05) is 11.9 Å². The van der Waals surface area contributed by atoms with E-state index < -0.39 is 42.7 Å². The predicted octanol–water partition coefficient (Wildman–Crippen LogP) is 3.37. The number of allylic oxidation sites excluding steroid dienone is 1. The molecular weight excluding hydrogens is 621 g/mol. The van der Waals surface area contributed by atoms with Crippen molar-refractivity contribution in [3.8, 4) is 0 Å². The molecule has 46 heavy (non-hydrogen) atoms. The van der Waals surface area contributed by atoms with Gasteiger partial charge in [0.2, 0.25) is 23.6 Å². The zero-order chi connectivity index (χ0) is 34.0. The van der Waals surface area contributed by atoms with E-state index in [0.29, 0.717) is 36.1 Å². The molecule has 0 spiro atoms. The summed E-state index contributed by atoms with van der Waals surface area (Å²) in [4.78, 5) is 72.0. The Morgan fingerprint density at radius 1 is 1.11 bits per heavy atom. The second-order valence-corrected chi connectivity index (χ2v) is 13.7. The second-order valence-electron chi connectivity index (χ2n) is 12.0. The third kappa shape index (κ3) is 7.37. The molecule has 2 heterocycles. The molecule has 0 radical (unpaired) electrons. The van der Waals surface area contributed by atoms with Gasteiger partial charge in [-0.3, -0.25) is 28.6 Å². The van der Waals surface area contributed by atoms with Crippen molar-refractivity contribution in [3.05, 3.63) is 70.8 Å². The van der Waals surface area contributed by atoms with Crippen LogP contribution in [0.5, 0.6) is 0 Å². The molecule has 2 aliphatic rings. The molecule has 4 amide bonds. The molecule has 248 valence electrons. The predicted molar refractivity (Wildman–Crippen MR) is 168 cm³/mol. The van der Waals surface area contributed by atoms with Gasteiger partial charge in [0.25, 0.3) is 0 Å². The van der Waals surface area contributed by atoms with Crippen molar-refractivity contribution in [3.63, 3.8) is 0 Å². The van der Waals surface area contributed by atoms with Crippen LogP contribution in [-0.2, 0) is 42.2 Å². The van der Waals surface area contributed by atoms with Crippen LogP contribution in [0.4, 0.5) is 14.5 Å². The van der Waals surface area contributed by atoms with E-state index in [1.165, 1.54) is 23.1 Å². The van der Waals surface area contributed by atoms with Crippen molar-refractivity contribution in [1.82, 2.24) is 16.0 Å². The number of benzene rings is 2. The first-order chi connectivity index (χ1) is 21.5. The van der Waals surface area contributed by atoms with Crippen molar-refractivity contribution in [1.29, 1.82) is 0 Å². The van der Waals surface area contributed by atoms with Gasteiger partial charge in [0.15, 0.2) is 0 Å². The second kappa shape index (κ2) is 13.8. The molecule has 11 nitrogen and oxygen atoms in total. The fourth-order valence-corrected chi connectivity index (χ4v) is 6.32. The third-order valence-electron chi connectivity index (χ3n) is 8.52. The Bertz CT molecular complexity index is 1590. The van der Waals surface area contributed by atoms with Crippen LogP contribution in [0.2, 0.25) is 0 Å². The lowest BCUT2D eigenvalue weighted by molar-refractivity contribution is -0.129. The number of nitrogens with one attached hydrogen (secondary N) is 3. The minimum Gasteiger partial charge on any atom is -0.359 e. The highest BCUT2D eigenvalue weighted by Crippen LogP contribution is 2.59. The first-order valence-electron chi connectivity index (χ1n) is 15.0. The Hall–Kier alpha value is -3.93. The molecule has 2 aromatic rings. The molecule has 0 bridgehead atoms. The summed E-state index contributed by atoms with van der Waals surface area (Å²) in [5, 5.41) is 8.36. The SMILES string of the molecule is CNC(=O)CC[C@H](NC(=O)[C@@H]1Cc2cccc3c2N1C(=O)[C@@H](NC(=O)/C=C(\C)c1ccc(C(F)(F)P(=O)(O)O)cc1)CC3)C(C)C. The van der Waals surface area contributed by atoms with E-state index in [9.17, 15) is 32.5 Å². The number of rotatable bonds is 11. The van der Waals surface area contributed by atoms with Gasteiger partial charge in [-0.2, -0.15) is 8.78 Å². The molecule has 2 aliphatic heterocycles. The number of carbonyl (C=O) groups excluding carboxylic acids is 4. The van der Waals surface area contributed by atoms with Gasteiger partial charge >= 0.3 is 13.3 Å². The number of nitrogens with zero attached hydrogens (tertiary/aromatic N) is 1. The van der Waals surface area contributed by atoms with Gasteiger partial charge in [-0.15, -0.1) is 0 Å². The zero-order valence-corrected chi connectivity index (χ0v) is 26.9. The number of anilines is 1. The molecule has 0 unspecified atom stereocenters. The van der Waals surface area contributed by atoms with Crippen molar-refractivity contribution in [2.45, 2.75) is 76.7 Å². The number of alkyl halides is 2. The van der Waals surface area contributed by atoms with Crippen molar-refractivity contribution in [2.24, 2.45) is 5.92 Å². The first kappa shape index (κ1) is 34.9. The van der Waals surface area contributed by atoms with Crippen LogP contribution in [-0.4, -0.2) is 58.6 Å². The normalized spacial score (nSPS) is 18.9. The zero-order valence-electron chi connectivity index (χ0n) is 26.0. The van der Waals surface area contributed by atoms with Gasteiger partial charge in [0.05, 0.1) is 5.69 Å². The molecule has 3 atom stereocenters. The van der Waals surface area contributed by atoms with E-state index in [1.54, 1.807) is 14.0 Å². The van der Waals surface area contributed by atoms with E-state index in [-0.39, 0.29) is 36.6 Å². The van der Waals surface area contributed by atoms with Gasteiger partial charge in [-0.1, -0.05) is 56.3 Å². The summed E-state index contributed by atoms with van der Waals surface area (Å²) in [6.07, 6.45) is 2.94. The van der Waals surface area contributed by atoms with Gasteiger partial charge in [-0.05, 0) is 54.4 Å². The Balaban J connectivity index is 1.52. The fraction of sp³-hybridized carbons (Fsp3) is 0.438. The maximum atomic E-state index is 14.0. The minimum absolute atomic E-state index is 0.0358. The maximum absolute atomic E-state index is 14.0. The van der Waals surface area contributed by atoms with Gasteiger partial charge < -0.3 is 25.7 Å². The minimum atomic E-state index is -5.73. The summed E-state index contributed by atoms with van der Waals surface area (Å²) in [6.45, 7) is 5.45. The molecule has 2 aromatic carbocycles. The van der Waals surface area contributed by atoms with Crippen molar-refractivity contribution < 1.29 is 42.3 Å². The molecule has 0 saturated heterocycles. The molecule has 14 heteroatoms. The van der Waals surface area contributed by atoms with Crippen LogP contribution in [0.15, 0.2) is 48.5 Å². The molecule has 0 saturated carbocycles. The summed E-state index contributed by atoms with van der Waals surface area (Å²) in [5.41, 5.74) is -2.08. The highest BCUT2D eigenvalue weighted by Gasteiger charge is 2.50. The largest absolute Gasteiger partial charge is 0.399 e. The Morgan fingerprint density at radius 2 is 1.76 bits per heavy atom. The molecule has 5 N–H and O–H groups in total. The lowest BCUT2D eigenvalue weighted by Crippen LogP contribution is -2.56. The number of amides is 4. The molecular formula is C32H39F2N4O7P. The lowest BCUT2D eigenvalue weighted by atomic mass is 9.97. The topological polar surface area (TPSA) is 165 Å². The fourth-order valence-electron chi connectivity index (χ4n) is 5.83. The highest BCUT2D eigenvalue weighted by atomic mass is 31.2. The van der Waals surface area contributed by atoms with Crippen LogP contribution in [0.3, 0.4) is 0 Å². The number of carbonyl (C=O) groups is 4. The van der Waals surface area contributed by atoms with Crippen LogP contribution in [0, 0.1) is 5.92 Å². The summed E-state index contributed by atoms with van der Waals surface area (Å²) < 4.78 is 39.2. The van der Waals surface area contributed by atoms with Gasteiger partial charge in [-0.25, -0.2) is 0 Å². The lowest BCUT2D eigenvalue weighted by Gasteiger charge is -2.30. The smallest absolute Gasteiger partial charge is 0.359 e. The number of aryl methyl sites for hydroxylation is 1. The molecule has 0 aliphatic carbocycles. The van der Waals surface area contributed by atoms with Crippen molar-refractivity contribution >= 4 is 42.5 Å². The number of halogens is 2. The molecule has 0 fully saturated rings. The summed E-state index contributed by atoms with van der Waals surface area (Å²) in [7, 11) is -4.18. The van der Waals surface area contributed by atoms with E-state index in [0.717, 1.165) is 23.3 Å². The third-order valence-corrected chi connectivity index (χ3v) is 9.51. The van der Waals surface area contributed by atoms with E-state index >= 15 is 0 Å². The Morgan fingerprint density at radius 3 is 2.37 bits per heavy atom. The highest BCUT2D eigenvalue weighted by molar-refractivity contribution is 7.52. The maximum Gasteiger partial charge on any atom is 0.399 e. The average Bonchev–Trinajstić information content (AvgIpc) is 3.34. The first-order valence-corrected chi connectivity index (χ1v) is 16.6. The summed E-state index contributed by atoms with van der Waals surface area (Å²) in [5.74, 6) is -1.49. The van der Waals surface area contributed by atoms with Gasteiger partial charge in [0.1, 0.15) is 12.1 Å². The standard InChI is InChI=1S/C32H39F2N4O7P/c1-18(2)24(14-15-27(39)35-4)37-30(41)26-17-22-7-5-6-21-10-13-25(31(42)38(26)29(21)22)36-28(40)16-19(3)20-8-11-23(12-9-20)32(33,34)46(43,44)45/h5-9,11-12,16,18,24-26H,10,13-15,17H2,1-4H3,(H,35,39)(H,36,40)(H,37,41)(H2,43,44,45)/b19-16+/t24-,25-,26-/m0/s1. The van der Waals surface area contributed by atoms with Gasteiger partial charge in [0, 0.05) is 37.6 Å². The number of para-hydroxylation sites is 1. The monoisotopic (exact) mass is 660 g/mol. The van der Waals surface area contributed by atoms with E-state index in [2.05, 4.69) is 16.0 Å². The Kier molecular flexibility index (Phi) is 10.5. The Labute approximate surface area is 266 Å². The van der Waals surface area contributed by atoms with Crippen LogP contribution in [0.25, 0.3) is 5.57 Å². The molecule has 4 rings (SSSR count). The van der Waals surface area contributed by atoms with Crippen LogP contribution in [0.1, 0.15) is 62.3 Å². The number of hydrogen-bond donors (Lipinski definition) is 5. The van der Waals surface area contributed by atoms with E-state index in [4.69, 9.17) is 9.79 Å². The average molecular weight is 661 g/mol.